The summed E-state index contributed by atoms with van der Waals surface area (Å²) < 4.78 is 5.98. The lowest BCUT2D eigenvalue weighted by Gasteiger charge is -2.18. The number of carbonyl (C=O) groups excluding carboxylic acids is 1. The highest BCUT2D eigenvalue weighted by Gasteiger charge is 2.13. The maximum Gasteiger partial charge on any atom is 0.250 e. The number of rotatable bonds is 3. The van der Waals surface area contributed by atoms with E-state index in [1.165, 1.54) is 6.20 Å². The molecule has 0 radical (unpaired) electrons. The Balaban J connectivity index is 2.54. The Labute approximate surface area is 114 Å². The third kappa shape index (κ3) is 5.48. The molecule has 1 amide bonds. The number of anilines is 1. The molecular weight excluding hydrogens is 307 g/mol. The summed E-state index contributed by atoms with van der Waals surface area (Å²) in [6.45, 7) is 5.67. The summed E-state index contributed by atoms with van der Waals surface area (Å²) in [7, 11) is 0. The van der Waals surface area contributed by atoms with Crippen molar-refractivity contribution in [2.75, 3.05) is 11.9 Å². The molecule has 1 aromatic heterocycles. The summed E-state index contributed by atoms with van der Waals surface area (Å²) in [6.07, 6.45) is 1.49. The van der Waals surface area contributed by atoms with Gasteiger partial charge in [-0.15, -0.1) is 0 Å². The Morgan fingerprint density at radius 1 is 1.59 bits per heavy atom. The van der Waals surface area contributed by atoms with Crippen LogP contribution in [0.4, 0.5) is 5.69 Å². The number of carbonyl (C=O) groups is 1. The number of nitrogens with one attached hydrogen (secondary N) is 1. The molecule has 1 N–H and O–H groups in total. The zero-order valence-electron chi connectivity index (χ0n) is 9.88. The standard InChI is InChI=1S/C11H14BrClN2O2/c1-11(2,3)17-6-9(16)15-7-4-8(12)10(13)14-5-7/h4-5H,6H2,1-3H3,(H,15,16). The lowest BCUT2D eigenvalue weighted by Crippen LogP contribution is -2.27. The molecule has 0 aliphatic rings. The number of halogens is 2. The molecule has 1 aromatic rings. The number of nitrogens with zero attached hydrogens (tertiary/aromatic N) is 1. The summed E-state index contributed by atoms with van der Waals surface area (Å²) in [6, 6.07) is 1.68. The highest BCUT2D eigenvalue weighted by Crippen LogP contribution is 2.22. The van der Waals surface area contributed by atoms with Gasteiger partial charge in [-0.2, -0.15) is 0 Å². The van der Waals surface area contributed by atoms with E-state index in [9.17, 15) is 4.79 Å². The second kappa shape index (κ2) is 5.80. The third-order valence-electron chi connectivity index (χ3n) is 1.72. The van der Waals surface area contributed by atoms with Crippen LogP contribution in [0, 0.1) is 0 Å². The lowest BCUT2D eigenvalue weighted by molar-refractivity contribution is -0.125. The second-order valence-corrected chi connectivity index (χ2v) is 5.66. The summed E-state index contributed by atoms with van der Waals surface area (Å²) in [5.74, 6) is -0.226. The molecule has 0 saturated carbocycles. The van der Waals surface area contributed by atoms with Crippen LogP contribution in [-0.4, -0.2) is 23.1 Å². The van der Waals surface area contributed by atoms with Crippen LogP contribution in [0.15, 0.2) is 16.7 Å². The van der Waals surface area contributed by atoms with Gasteiger partial charge in [-0.25, -0.2) is 4.98 Å². The highest BCUT2D eigenvalue weighted by molar-refractivity contribution is 9.10. The maximum atomic E-state index is 11.5. The Kier molecular flexibility index (Phi) is 4.91. The van der Waals surface area contributed by atoms with E-state index in [0.29, 0.717) is 15.3 Å². The first-order chi connectivity index (χ1) is 7.78. The minimum absolute atomic E-state index is 0.00372. The predicted octanol–water partition coefficient (Wildman–Crippen LogP) is 3.25. The molecule has 6 heteroatoms. The summed E-state index contributed by atoms with van der Waals surface area (Å²) in [4.78, 5) is 15.4. The summed E-state index contributed by atoms with van der Waals surface area (Å²) in [5.41, 5.74) is 0.236. The zero-order chi connectivity index (χ0) is 13.1. The molecule has 17 heavy (non-hydrogen) atoms. The predicted molar refractivity (Wildman–Crippen MR) is 71.3 cm³/mol. The maximum absolute atomic E-state index is 11.5. The van der Waals surface area contributed by atoms with Crippen LogP contribution in [0.5, 0.6) is 0 Å². The minimum atomic E-state index is -0.337. The molecule has 0 atom stereocenters. The van der Waals surface area contributed by atoms with Gasteiger partial charge in [0.15, 0.2) is 0 Å². The number of amides is 1. The average molecular weight is 322 g/mol. The molecule has 0 unspecified atom stereocenters. The van der Waals surface area contributed by atoms with Gasteiger partial charge in [-0.05, 0) is 42.8 Å². The normalized spacial score (nSPS) is 11.4. The number of pyridine rings is 1. The number of aromatic nitrogens is 1. The number of ether oxygens (including phenoxy) is 1. The summed E-state index contributed by atoms with van der Waals surface area (Å²) in [5, 5.41) is 3.02. The van der Waals surface area contributed by atoms with Crippen molar-refractivity contribution in [1.82, 2.24) is 4.98 Å². The Morgan fingerprint density at radius 3 is 2.76 bits per heavy atom. The van der Waals surface area contributed by atoms with Gasteiger partial charge in [0.2, 0.25) is 5.91 Å². The smallest absolute Gasteiger partial charge is 0.250 e. The van der Waals surface area contributed by atoms with E-state index in [4.69, 9.17) is 16.3 Å². The van der Waals surface area contributed by atoms with Crippen molar-refractivity contribution in [3.8, 4) is 0 Å². The van der Waals surface area contributed by atoms with E-state index in [2.05, 4.69) is 26.2 Å². The van der Waals surface area contributed by atoms with E-state index in [1.54, 1.807) is 6.07 Å². The monoisotopic (exact) mass is 320 g/mol. The first-order valence-electron chi connectivity index (χ1n) is 5.03. The molecule has 0 bridgehead atoms. The molecule has 0 fully saturated rings. The van der Waals surface area contributed by atoms with Crippen LogP contribution < -0.4 is 5.32 Å². The first kappa shape index (κ1) is 14.4. The molecule has 0 aliphatic heterocycles. The Morgan fingerprint density at radius 2 is 2.24 bits per heavy atom. The van der Waals surface area contributed by atoms with E-state index in [1.807, 2.05) is 20.8 Å². The quantitative estimate of drug-likeness (QED) is 0.869. The third-order valence-corrected chi connectivity index (χ3v) is 2.85. The van der Waals surface area contributed by atoms with Crippen LogP contribution in [0.3, 0.4) is 0 Å². The number of hydrogen-bond donors (Lipinski definition) is 1. The van der Waals surface area contributed by atoms with Crippen LogP contribution in [0.1, 0.15) is 20.8 Å². The van der Waals surface area contributed by atoms with Gasteiger partial charge in [0.25, 0.3) is 0 Å². The van der Waals surface area contributed by atoms with Crippen molar-refractivity contribution in [3.63, 3.8) is 0 Å². The van der Waals surface area contributed by atoms with Crippen LogP contribution in [0.25, 0.3) is 0 Å². The van der Waals surface area contributed by atoms with Gasteiger partial charge >= 0.3 is 0 Å². The fourth-order valence-electron chi connectivity index (χ4n) is 0.969. The van der Waals surface area contributed by atoms with Gasteiger partial charge in [-0.3, -0.25) is 4.79 Å². The van der Waals surface area contributed by atoms with Crippen LogP contribution >= 0.6 is 27.5 Å². The molecule has 1 heterocycles. The van der Waals surface area contributed by atoms with Crippen molar-refractivity contribution in [3.05, 3.63) is 21.9 Å². The van der Waals surface area contributed by atoms with E-state index in [0.717, 1.165) is 0 Å². The molecule has 1 rings (SSSR count). The van der Waals surface area contributed by atoms with Crippen molar-refractivity contribution < 1.29 is 9.53 Å². The van der Waals surface area contributed by atoms with Gasteiger partial charge in [-0.1, -0.05) is 11.6 Å². The van der Waals surface area contributed by atoms with E-state index < -0.39 is 0 Å². The minimum Gasteiger partial charge on any atom is -0.366 e. The molecule has 94 valence electrons. The van der Waals surface area contributed by atoms with Crippen LogP contribution in [0.2, 0.25) is 5.15 Å². The molecule has 4 nitrogen and oxygen atoms in total. The van der Waals surface area contributed by atoms with Crippen LogP contribution in [-0.2, 0) is 9.53 Å². The zero-order valence-corrected chi connectivity index (χ0v) is 12.2. The van der Waals surface area contributed by atoms with Gasteiger partial charge < -0.3 is 10.1 Å². The largest absolute Gasteiger partial charge is 0.366 e. The fraction of sp³-hybridized carbons (Fsp3) is 0.455. The topological polar surface area (TPSA) is 51.2 Å². The number of hydrogen-bond acceptors (Lipinski definition) is 3. The molecule has 0 spiro atoms. The first-order valence-corrected chi connectivity index (χ1v) is 6.20. The SMILES string of the molecule is CC(C)(C)OCC(=O)Nc1cnc(Cl)c(Br)c1. The molecule has 0 saturated heterocycles. The van der Waals surface area contributed by atoms with Crippen molar-refractivity contribution >= 4 is 39.1 Å². The Hall–Kier alpha value is -0.650. The van der Waals surface area contributed by atoms with E-state index >= 15 is 0 Å². The highest BCUT2D eigenvalue weighted by atomic mass is 79.9. The van der Waals surface area contributed by atoms with Crippen molar-refractivity contribution in [2.45, 2.75) is 26.4 Å². The summed E-state index contributed by atoms with van der Waals surface area (Å²) >= 11 is 8.97. The molecule has 0 aliphatic carbocycles. The van der Waals surface area contributed by atoms with Gasteiger partial charge in [0.1, 0.15) is 11.8 Å². The second-order valence-electron chi connectivity index (χ2n) is 4.45. The van der Waals surface area contributed by atoms with Crippen molar-refractivity contribution in [1.29, 1.82) is 0 Å². The molecule has 0 aromatic carbocycles. The van der Waals surface area contributed by atoms with Gasteiger partial charge in [0, 0.05) is 0 Å². The van der Waals surface area contributed by atoms with Crippen molar-refractivity contribution in [2.24, 2.45) is 0 Å². The lowest BCUT2D eigenvalue weighted by atomic mass is 10.2. The average Bonchev–Trinajstić information content (AvgIpc) is 2.20. The molecular formula is C11H14BrClN2O2. The fourth-order valence-corrected chi connectivity index (χ4v) is 1.42. The van der Waals surface area contributed by atoms with Gasteiger partial charge in [0.05, 0.1) is 22.0 Å². The van der Waals surface area contributed by atoms with E-state index in [-0.39, 0.29) is 18.1 Å². The Bertz CT molecular complexity index is 418.